The van der Waals surface area contributed by atoms with Gasteiger partial charge < -0.3 is 10.6 Å². The molecule has 17 heavy (non-hydrogen) atoms. The normalized spacial score (nSPS) is 16.4. The molecule has 1 aliphatic heterocycles. The van der Waals surface area contributed by atoms with Crippen molar-refractivity contribution in [3.05, 3.63) is 0 Å². The van der Waals surface area contributed by atoms with Crippen molar-refractivity contribution in [2.24, 2.45) is 0 Å². The zero-order valence-corrected chi connectivity index (χ0v) is 10.5. The smallest absolute Gasteiger partial charge is 0.220 e. The predicted octanol–water partition coefficient (Wildman–Crippen LogP) is 0.201. The third-order valence-electron chi connectivity index (χ3n) is 2.93. The molecule has 0 bridgehead atoms. The van der Waals surface area contributed by atoms with Gasteiger partial charge >= 0.3 is 0 Å². The Morgan fingerprint density at radius 3 is 2.82 bits per heavy atom. The average Bonchev–Trinajstić information content (AvgIpc) is 2.36. The first-order valence-corrected chi connectivity index (χ1v) is 6.46. The third-order valence-corrected chi connectivity index (χ3v) is 2.93. The molecule has 1 fully saturated rings. The molecule has 2 N–H and O–H groups in total. The third kappa shape index (κ3) is 6.98. The molecule has 0 aliphatic carbocycles. The van der Waals surface area contributed by atoms with Gasteiger partial charge in [0.1, 0.15) is 0 Å². The molecule has 1 heterocycles. The fraction of sp³-hybridized carbons (Fsp3) is 0.769. The quantitative estimate of drug-likeness (QED) is 0.491. The van der Waals surface area contributed by atoms with Crippen molar-refractivity contribution in [1.82, 2.24) is 15.5 Å². The Morgan fingerprint density at radius 2 is 2.12 bits per heavy atom. The molecule has 0 unspecified atom stereocenters. The average molecular weight is 237 g/mol. The highest BCUT2D eigenvalue weighted by atomic mass is 16.1. The van der Waals surface area contributed by atoms with E-state index in [9.17, 15) is 4.79 Å². The molecule has 0 spiro atoms. The number of carbonyl (C=O) groups is 1. The summed E-state index contributed by atoms with van der Waals surface area (Å²) in [4.78, 5) is 13.8. The number of unbranched alkanes of at least 4 members (excludes halogenated alkanes) is 2. The van der Waals surface area contributed by atoms with Crippen LogP contribution in [-0.4, -0.2) is 50.1 Å². The Kier molecular flexibility index (Phi) is 7.44. The Bertz CT molecular complexity index is 254. The first-order valence-electron chi connectivity index (χ1n) is 6.46. The summed E-state index contributed by atoms with van der Waals surface area (Å²) in [6.45, 7) is 5.99. The zero-order chi connectivity index (χ0) is 12.3. The number of piperazine rings is 1. The van der Waals surface area contributed by atoms with Crippen LogP contribution in [-0.2, 0) is 4.79 Å². The van der Waals surface area contributed by atoms with Gasteiger partial charge in [-0.05, 0) is 12.8 Å². The number of carbonyl (C=O) groups excluding carboxylic acids is 1. The Morgan fingerprint density at radius 1 is 1.35 bits per heavy atom. The van der Waals surface area contributed by atoms with Crippen LogP contribution in [0.15, 0.2) is 0 Å². The number of nitrogens with zero attached hydrogens (tertiary/aromatic N) is 1. The summed E-state index contributed by atoms with van der Waals surface area (Å²) >= 11 is 0. The van der Waals surface area contributed by atoms with E-state index in [4.69, 9.17) is 6.42 Å². The minimum absolute atomic E-state index is 0.150. The highest BCUT2D eigenvalue weighted by Crippen LogP contribution is 1.98. The highest BCUT2D eigenvalue weighted by Gasteiger charge is 2.08. The van der Waals surface area contributed by atoms with Crippen LogP contribution in [0.1, 0.15) is 25.7 Å². The molecule has 1 rings (SSSR count). The first kappa shape index (κ1) is 14.0. The molecule has 96 valence electrons. The standard InChI is InChI=1S/C13H23N3O/c1-2-3-4-5-6-13(17)15-9-12-16-10-7-14-8-11-16/h1,14H,3-12H2,(H,15,17). The van der Waals surface area contributed by atoms with Gasteiger partial charge in [0.05, 0.1) is 0 Å². The topological polar surface area (TPSA) is 44.4 Å². The van der Waals surface area contributed by atoms with Crippen molar-refractivity contribution in [2.45, 2.75) is 25.7 Å². The molecule has 0 saturated carbocycles. The van der Waals surface area contributed by atoms with E-state index in [1.165, 1.54) is 0 Å². The second-order valence-electron chi connectivity index (χ2n) is 4.35. The van der Waals surface area contributed by atoms with Crippen LogP contribution in [0.4, 0.5) is 0 Å². The van der Waals surface area contributed by atoms with E-state index in [-0.39, 0.29) is 5.91 Å². The Labute approximate surface area is 104 Å². The molecule has 0 aromatic rings. The number of terminal acetylenes is 1. The number of hydrogen-bond acceptors (Lipinski definition) is 3. The van der Waals surface area contributed by atoms with Crippen molar-refractivity contribution in [3.8, 4) is 12.3 Å². The second-order valence-corrected chi connectivity index (χ2v) is 4.35. The lowest BCUT2D eigenvalue weighted by atomic mass is 10.2. The number of amides is 1. The van der Waals surface area contributed by atoms with E-state index >= 15 is 0 Å². The van der Waals surface area contributed by atoms with Gasteiger partial charge in [0.2, 0.25) is 5.91 Å². The molecule has 4 heteroatoms. The van der Waals surface area contributed by atoms with Gasteiger partial charge in [0.25, 0.3) is 0 Å². The van der Waals surface area contributed by atoms with Crippen molar-refractivity contribution in [3.63, 3.8) is 0 Å². The largest absolute Gasteiger partial charge is 0.355 e. The fourth-order valence-corrected chi connectivity index (χ4v) is 1.89. The Balaban J connectivity index is 1.94. The maximum Gasteiger partial charge on any atom is 0.220 e. The monoisotopic (exact) mass is 237 g/mol. The fourth-order valence-electron chi connectivity index (χ4n) is 1.89. The molecule has 1 amide bonds. The lowest BCUT2D eigenvalue weighted by molar-refractivity contribution is -0.121. The van der Waals surface area contributed by atoms with Crippen molar-refractivity contribution in [2.75, 3.05) is 39.3 Å². The summed E-state index contributed by atoms with van der Waals surface area (Å²) < 4.78 is 0. The van der Waals surface area contributed by atoms with E-state index in [1.807, 2.05) is 0 Å². The molecular weight excluding hydrogens is 214 g/mol. The number of hydrogen-bond donors (Lipinski definition) is 2. The van der Waals surface area contributed by atoms with Gasteiger partial charge in [-0.2, -0.15) is 0 Å². The summed E-state index contributed by atoms with van der Waals surface area (Å²) in [5, 5.41) is 6.26. The van der Waals surface area contributed by atoms with Gasteiger partial charge in [-0.1, -0.05) is 0 Å². The van der Waals surface area contributed by atoms with Crippen LogP contribution in [0.5, 0.6) is 0 Å². The lowest BCUT2D eigenvalue weighted by Crippen LogP contribution is -2.46. The van der Waals surface area contributed by atoms with Gasteiger partial charge in [-0.3, -0.25) is 9.69 Å². The van der Waals surface area contributed by atoms with E-state index in [0.717, 1.165) is 58.5 Å². The summed E-state index contributed by atoms with van der Waals surface area (Å²) in [6.07, 6.45) is 8.36. The summed E-state index contributed by atoms with van der Waals surface area (Å²) in [5.74, 6) is 2.73. The minimum atomic E-state index is 0.150. The van der Waals surface area contributed by atoms with E-state index in [0.29, 0.717) is 6.42 Å². The highest BCUT2D eigenvalue weighted by molar-refractivity contribution is 5.75. The van der Waals surface area contributed by atoms with Crippen LogP contribution >= 0.6 is 0 Å². The molecule has 1 saturated heterocycles. The van der Waals surface area contributed by atoms with Crippen LogP contribution in [0, 0.1) is 12.3 Å². The summed E-state index contributed by atoms with van der Waals surface area (Å²) in [7, 11) is 0. The van der Waals surface area contributed by atoms with Crippen molar-refractivity contribution >= 4 is 5.91 Å². The molecule has 0 aromatic heterocycles. The maximum atomic E-state index is 11.5. The molecule has 0 aromatic carbocycles. The Hall–Kier alpha value is -1.05. The van der Waals surface area contributed by atoms with E-state index in [1.54, 1.807) is 0 Å². The molecular formula is C13H23N3O. The van der Waals surface area contributed by atoms with Gasteiger partial charge in [-0.25, -0.2) is 0 Å². The van der Waals surface area contributed by atoms with Gasteiger partial charge in [0, 0.05) is 52.1 Å². The van der Waals surface area contributed by atoms with E-state index < -0.39 is 0 Å². The molecule has 0 atom stereocenters. The van der Waals surface area contributed by atoms with Crippen molar-refractivity contribution in [1.29, 1.82) is 0 Å². The molecule has 1 aliphatic rings. The van der Waals surface area contributed by atoms with Crippen LogP contribution < -0.4 is 10.6 Å². The van der Waals surface area contributed by atoms with Crippen molar-refractivity contribution < 1.29 is 4.79 Å². The molecule has 0 radical (unpaired) electrons. The first-order chi connectivity index (χ1) is 8.33. The van der Waals surface area contributed by atoms with Crippen LogP contribution in [0.25, 0.3) is 0 Å². The van der Waals surface area contributed by atoms with Crippen LogP contribution in [0.2, 0.25) is 0 Å². The van der Waals surface area contributed by atoms with Crippen LogP contribution in [0.3, 0.4) is 0 Å². The summed E-state index contributed by atoms with van der Waals surface area (Å²) in [5.41, 5.74) is 0. The second kappa shape index (κ2) is 9.03. The van der Waals surface area contributed by atoms with E-state index in [2.05, 4.69) is 21.5 Å². The van der Waals surface area contributed by atoms with Gasteiger partial charge in [0.15, 0.2) is 0 Å². The lowest BCUT2D eigenvalue weighted by Gasteiger charge is -2.27. The number of rotatable bonds is 7. The summed E-state index contributed by atoms with van der Waals surface area (Å²) in [6, 6.07) is 0. The maximum absolute atomic E-state index is 11.5. The minimum Gasteiger partial charge on any atom is -0.355 e. The molecule has 4 nitrogen and oxygen atoms in total. The SMILES string of the molecule is C#CCCCCC(=O)NCCN1CCNCC1. The zero-order valence-electron chi connectivity index (χ0n) is 10.5. The van der Waals surface area contributed by atoms with Gasteiger partial charge in [-0.15, -0.1) is 12.3 Å². The number of nitrogens with one attached hydrogen (secondary N) is 2. The predicted molar refractivity (Wildman–Crippen MR) is 69.6 cm³/mol.